The maximum Gasteiger partial charge on any atom is 0.262 e. The van der Waals surface area contributed by atoms with Crippen molar-refractivity contribution in [3.8, 4) is 5.75 Å². The summed E-state index contributed by atoms with van der Waals surface area (Å²) in [5.41, 5.74) is 1.36. The van der Waals surface area contributed by atoms with Crippen LogP contribution in [0.1, 0.15) is 6.42 Å². The molecule has 4 N–H and O–H groups in total. The van der Waals surface area contributed by atoms with Crippen molar-refractivity contribution < 1.29 is 19.7 Å². The average molecular weight is 252 g/mol. The number of nitrogens with one attached hydrogen (secondary N) is 2. The molecule has 0 aliphatic carbocycles. The second-order valence-corrected chi connectivity index (χ2v) is 4.08. The van der Waals surface area contributed by atoms with Crippen LogP contribution in [0.2, 0.25) is 0 Å². The highest BCUT2D eigenvalue weighted by Crippen LogP contribution is 2.30. The lowest BCUT2D eigenvalue weighted by molar-refractivity contribution is -0.118. The van der Waals surface area contributed by atoms with Crippen molar-refractivity contribution in [3.05, 3.63) is 18.2 Å². The molecule has 0 bridgehead atoms. The van der Waals surface area contributed by atoms with E-state index in [-0.39, 0.29) is 31.8 Å². The lowest BCUT2D eigenvalue weighted by Crippen LogP contribution is -2.27. The largest absolute Gasteiger partial charge is 0.482 e. The van der Waals surface area contributed by atoms with Crippen molar-refractivity contribution in [2.45, 2.75) is 12.5 Å². The number of carbonyl (C=O) groups excluding carboxylic acids is 1. The minimum Gasteiger partial charge on any atom is -0.482 e. The Hall–Kier alpha value is -1.79. The van der Waals surface area contributed by atoms with Crippen LogP contribution in [0.3, 0.4) is 0 Å². The van der Waals surface area contributed by atoms with Crippen LogP contribution in [0.4, 0.5) is 11.4 Å². The normalized spacial score (nSPS) is 15.3. The Morgan fingerprint density at radius 3 is 3.00 bits per heavy atom. The van der Waals surface area contributed by atoms with Gasteiger partial charge in [-0.2, -0.15) is 0 Å². The Morgan fingerprint density at radius 1 is 1.44 bits per heavy atom. The molecule has 1 aliphatic heterocycles. The number of aliphatic hydroxyl groups excluding tert-OH is 2. The standard InChI is InChI=1S/C12H16N2O4/c15-4-3-9(6-16)13-8-1-2-11-10(5-8)14-12(17)7-18-11/h1-2,5,9,13,15-16H,3-4,6-7H2,(H,14,17). The third-order valence-electron chi connectivity index (χ3n) is 2.68. The van der Waals surface area contributed by atoms with E-state index in [0.29, 0.717) is 17.9 Å². The summed E-state index contributed by atoms with van der Waals surface area (Å²) in [6, 6.07) is 5.08. The van der Waals surface area contributed by atoms with Gasteiger partial charge in [0.15, 0.2) is 6.61 Å². The molecule has 6 heteroatoms. The molecule has 1 aromatic rings. The first kappa shape index (κ1) is 12.7. The molecule has 1 atom stereocenters. The lowest BCUT2D eigenvalue weighted by Gasteiger charge is -2.21. The predicted octanol–water partition coefficient (Wildman–Crippen LogP) is 0.173. The van der Waals surface area contributed by atoms with E-state index >= 15 is 0 Å². The number of amides is 1. The van der Waals surface area contributed by atoms with Gasteiger partial charge in [-0.25, -0.2) is 0 Å². The number of rotatable bonds is 5. The van der Waals surface area contributed by atoms with Gasteiger partial charge in [0.1, 0.15) is 5.75 Å². The first-order chi connectivity index (χ1) is 8.72. The fourth-order valence-electron chi connectivity index (χ4n) is 1.77. The van der Waals surface area contributed by atoms with E-state index in [4.69, 9.17) is 14.9 Å². The molecule has 18 heavy (non-hydrogen) atoms. The van der Waals surface area contributed by atoms with Gasteiger partial charge in [-0.15, -0.1) is 0 Å². The van der Waals surface area contributed by atoms with E-state index in [1.807, 2.05) is 0 Å². The zero-order chi connectivity index (χ0) is 13.0. The Kier molecular flexibility index (Phi) is 4.01. The highest BCUT2D eigenvalue weighted by Gasteiger charge is 2.16. The van der Waals surface area contributed by atoms with E-state index in [0.717, 1.165) is 5.69 Å². The van der Waals surface area contributed by atoms with Gasteiger partial charge in [0, 0.05) is 12.3 Å². The van der Waals surface area contributed by atoms with Crippen molar-refractivity contribution >= 4 is 17.3 Å². The van der Waals surface area contributed by atoms with Crippen molar-refractivity contribution in [1.29, 1.82) is 0 Å². The topological polar surface area (TPSA) is 90.8 Å². The van der Waals surface area contributed by atoms with Gasteiger partial charge in [-0.05, 0) is 24.6 Å². The summed E-state index contributed by atoms with van der Waals surface area (Å²) in [6.45, 7) is -0.0347. The summed E-state index contributed by atoms with van der Waals surface area (Å²) in [5.74, 6) is 0.441. The van der Waals surface area contributed by atoms with Crippen molar-refractivity contribution in [2.24, 2.45) is 0 Å². The van der Waals surface area contributed by atoms with Crippen molar-refractivity contribution in [1.82, 2.24) is 0 Å². The minimum absolute atomic E-state index is 0.00299. The molecule has 0 spiro atoms. The van der Waals surface area contributed by atoms with Gasteiger partial charge in [-0.1, -0.05) is 0 Å². The van der Waals surface area contributed by atoms with E-state index in [2.05, 4.69) is 10.6 Å². The summed E-state index contributed by atoms with van der Waals surface area (Å²) in [5, 5.41) is 23.8. The molecule has 0 fully saturated rings. The van der Waals surface area contributed by atoms with Gasteiger partial charge in [0.25, 0.3) is 5.91 Å². The number of benzene rings is 1. The van der Waals surface area contributed by atoms with Crippen LogP contribution in [-0.2, 0) is 4.79 Å². The maximum atomic E-state index is 11.2. The summed E-state index contributed by atoms with van der Waals surface area (Å²) in [6.07, 6.45) is 0.455. The van der Waals surface area contributed by atoms with E-state index < -0.39 is 0 Å². The number of fused-ring (bicyclic) bond motifs is 1. The Morgan fingerprint density at radius 2 is 2.28 bits per heavy atom. The molecule has 0 aromatic heterocycles. The second kappa shape index (κ2) is 5.70. The smallest absolute Gasteiger partial charge is 0.262 e. The van der Waals surface area contributed by atoms with Crippen LogP contribution >= 0.6 is 0 Å². The highest BCUT2D eigenvalue weighted by atomic mass is 16.5. The fraction of sp³-hybridized carbons (Fsp3) is 0.417. The maximum absolute atomic E-state index is 11.2. The van der Waals surface area contributed by atoms with Crippen molar-refractivity contribution in [3.63, 3.8) is 0 Å². The number of aliphatic hydroxyl groups is 2. The third kappa shape index (κ3) is 2.91. The average Bonchev–Trinajstić information content (AvgIpc) is 2.37. The number of carbonyl (C=O) groups is 1. The molecule has 98 valence electrons. The van der Waals surface area contributed by atoms with Gasteiger partial charge in [-0.3, -0.25) is 4.79 Å². The summed E-state index contributed by atoms with van der Waals surface area (Å²) < 4.78 is 5.24. The molecule has 0 radical (unpaired) electrons. The zero-order valence-corrected chi connectivity index (χ0v) is 9.85. The second-order valence-electron chi connectivity index (χ2n) is 4.08. The molecule has 0 saturated carbocycles. The van der Waals surface area contributed by atoms with Gasteiger partial charge in [0.05, 0.1) is 18.3 Å². The first-order valence-electron chi connectivity index (χ1n) is 5.78. The van der Waals surface area contributed by atoms with Crippen LogP contribution in [0.5, 0.6) is 5.75 Å². The number of ether oxygens (including phenoxy) is 1. The van der Waals surface area contributed by atoms with Gasteiger partial charge < -0.3 is 25.6 Å². The Bertz CT molecular complexity index is 436. The quantitative estimate of drug-likeness (QED) is 0.600. The number of hydrogen-bond acceptors (Lipinski definition) is 5. The molecular formula is C12H16N2O4. The monoisotopic (exact) mass is 252 g/mol. The molecule has 1 aromatic carbocycles. The summed E-state index contributed by atoms with van der Waals surface area (Å²) in [4.78, 5) is 11.2. The molecule has 1 aliphatic rings. The predicted molar refractivity (Wildman–Crippen MR) is 66.8 cm³/mol. The fourth-order valence-corrected chi connectivity index (χ4v) is 1.77. The van der Waals surface area contributed by atoms with Crippen LogP contribution in [0.15, 0.2) is 18.2 Å². The Balaban J connectivity index is 2.10. The van der Waals surface area contributed by atoms with Crippen LogP contribution in [0, 0.1) is 0 Å². The number of anilines is 2. The molecule has 6 nitrogen and oxygen atoms in total. The molecule has 2 rings (SSSR count). The van der Waals surface area contributed by atoms with Crippen LogP contribution in [-0.4, -0.2) is 42.0 Å². The highest BCUT2D eigenvalue weighted by molar-refractivity contribution is 5.96. The number of hydrogen-bond donors (Lipinski definition) is 4. The van der Waals surface area contributed by atoms with Crippen LogP contribution in [0.25, 0.3) is 0 Å². The summed E-state index contributed by atoms with van der Waals surface area (Å²) >= 11 is 0. The molecule has 1 amide bonds. The third-order valence-corrected chi connectivity index (χ3v) is 2.68. The Labute approximate surface area is 105 Å². The first-order valence-corrected chi connectivity index (χ1v) is 5.78. The molecule has 1 heterocycles. The zero-order valence-electron chi connectivity index (χ0n) is 9.85. The molecule has 0 saturated heterocycles. The molecular weight excluding hydrogens is 236 g/mol. The SMILES string of the molecule is O=C1COc2ccc(NC(CO)CCO)cc2N1. The van der Waals surface area contributed by atoms with Gasteiger partial charge in [0.2, 0.25) is 0 Å². The summed E-state index contributed by atoms with van der Waals surface area (Å²) in [7, 11) is 0. The molecule has 1 unspecified atom stereocenters. The van der Waals surface area contributed by atoms with E-state index in [9.17, 15) is 4.79 Å². The van der Waals surface area contributed by atoms with Crippen LogP contribution < -0.4 is 15.4 Å². The van der Waals surface area contributed by atoms with Gasteiger partial charge >= 0.3 is 0 Å². The van der Waals surface area contributed by atoms with E-state index in [1.54, 1.807) is 18.2 Å². The van der Waals surface area contributed by atoms with E-state index in [1.165, 1.54) is 0 Å². The minimum atomic E-state index is -0.215. The van der Waals surface area contributed by atoms with Crippen molar-refractivity contribution in [2.75, 3.05) is 30.5 Å². The lowest BCUT2D eigenvalue weighted by atomic mass is 10.2.